The number of rotatable bonds is 8. The van der Waals surface area contributed by atoms with Crippen LogP contribution < -0.4 is 5.32 Å². The number of amides is 1. The lowest BCUT2D eigenvalue weighted by Gasteiger charge is -2.30. The molecule has 1 aliphatic rings. The molecule has 0 radical (unpaired) electrons. The summed E-state index contributed by atoms with van der Waals surface area (Å²) in [5, 5.41) is 3.59. The molecule has 8 heteroatoms. The Balaban J connectivity index is 1.94. The van der Waals surface area contributed by atoms with Gasteiger partial charge in [0.15, 0.2) is 0 Å². The predicted molar refractivity (Wildman–Crippen MR) is 109 cm³/mol. The second-order valence-electron chi connectivity index (χ2n) is 7.53. The molecule has 27 heavy (non-hydrogen) atoms. The molecule has 0 unspecified atom stereocenters. The van der Waals surface area contributed by atoms with Crippen LogP contribution in [0, 0.1) is 5.92 Å². The number of nitrogens with one attached hydrogen (secondary N) is 1. The maximum absolute atomic E-state index is 12.8. The molecule has 1 fully saturated rings. The molecule has 2 rings (SSSR count). The van der Waals surface area contributed by atoms with Gasteiger partial charge in [-0.15, -0.1) is 0 Å². The molecule has 1 atom stereocenters. The Morgan fingerprint density at radius 1 is 1.26 bits per heavy atom. The van der Waals surface area contributed by atoms with E-state index in [2.05, 4.69) is 24.1 Å². The van der Waals surface area contributed by atoms with Gasteiger partial charge in [0.05, 0.1) is 10.8 Å². The van der Waals surface area contributed by atoms with E-state index >= 15 is 0 Å². The molecule has 6 nitrogen and oxygen atoms in total. The van der Waals surface area contributed by atoms with Gasteiger partial charge in [-0.1, -0.05) is 44.9 Å². The number of carbonyl (C=O) groups is 1. The number of pyridine rings is 1. The Labute approximate surface area is 167 Å². The van der Waals surface area contributed by atoms with Gasteiger partial charge in [0, 0.05) is 25.3 Å². The Morgan fingerprint density at radius 2 is 1.93 bits per heavy atom. The highest BCUT2D eigenvalue weighted by Gasteiger charge is 2.29. The van der Waals surface area contributed by atoms with Crippen molar-refractivity contribution in [1.29, 1.82) is 0 Å². The summed E-state index contributed by atoms with van der Waals surface area (Å²) < 4.78 is 27.1. The quantitative estimate of drug-likeness (QED) is 0.662. The van der Waals surface area contributed by atoms with Gasteiger partial charge in [-0.2, -0.15) is 4.31 Å². The van der Waals surface area contributed by atoms with Crippen LogP contribution in [0.1, 0.15) is 52.9 Å². The fraction of sp³-hybridized carbons (Fsp3) is 0.684. The van der Waals surface area contributed by atoms with Gasteiger partial charge < -0.3 is 5.32 Å². The summed E-state index contributed by atoms with van der Waals surface area (Å²) in [6.45, 7) is 6.10. The summed E-state index contributed by atoms with van der Waals surface area (Å²) in [4.78, 5) is 16.4. The minimum absolute atomic E-state index is 0.0447. The van der Waals surface area contributed by atoms with E-state index in [1.165, 1.54) is 28.7 Å². The average molecular weight is 414 g/mol. The largest absolute Gasteiger partial charge is 0.353 e. The van der Waals surface area contributed by atoms with E-state index in [-0.39, 0.29) is 28.6 Å². The van der Waals surface area contributed by atoms with Crippen molar-refractivity contribution in [2.24, 2.45) is 5.92 Å². The molecule has 1 saturated carbocycles. The van der Waals surface area contributed by atoms with Crippen molar-refractivity contribution in [1.82, 2.24) is 14.6 Å². The summed E-state index contributed by atoms with van der Waals surface area (Å²) >= 11 is 1.31. The van der Waals surface area contributed by atoms with Crippen LogP contribution in [0.3, 0.4) is 0 Å². The fourth-order valence-electron chi connectivity index (χ4n) is 3.01. The highest BCUT2D eigenvalue weighted by molar-refractivity contribution is 7.99. The van der Waals surface area contributed by atoms with Crippen molar-refractivity contribution in [3.8, 4) is 0 Å². The highest BCUT2D eigenvalue weighted by Crippen LogP contribution is 2.27. The zero-order valence-corrected chi connectivity index (χ0v) is 18.3. The van der Waals surface area contributed by atoms with Gasteiger partial charge in [0.2, 0.25) is 15.9 Å². The zero-order chi connectivity index (χ0) is 20.0. The monoisotopic (exact) mass is 413 g/mol. The van der Waals surface area contributed by atoms with E-state index in [4.69, 9.17) is 0 Å². The van der Waals surface area contributed by atoms with Crippen LogP contribution in [-0.2, 0) is 14.8 Å². The third-order valence-corrected chi connectivity index (χ3v) is 8.05. The number of hydrogen-bond acceptors (Lipinski definition) is 5. The van der Waals surface area contributed by atoms with Crippen molar-refractivity contribution in [2.45, 2.75) is 74.9 Å². The molecule has 1 N–H and O–H groups in total. The van der Waals surface area contributed by atoms with Gasteiger partial charge in [-0.25, -0.2) is 13.4 Å². The fourth-order valence-corrected chi connectivity index (χ4v) is 5.03. The minimum atomic E-state index is -3.53. The molecule has 152 valence electrons. The van der Waals surface area contributed by atoms with Gasteiger partial charge in [-0.3, -0.25) is 4.79 Å². The first kappa shape index (κ1) is 22.2. The zero-order valence-electron chi connectivity index (χ0n) is 16.6. The number of nitrogens with zero attached hydrogens (tertiary/aromatic N) is 2. The summed E-state index contributed by atoms with van der Waals surface area (Å²) in [7, 11) is -1.87. The number of hydrogen-bond donors (Lipinski definition) is 1. The first-order valence-electron chi connectivity index (χ1n) is 9.58. The van der Waals surface area contributed by atoms with Crippen LogP contribution in [0.5, 0.6) is 0 Å². The summed E-state index contributed by atoms with van der Waals surface area (Å²) in [5.41, 5.74) is 0. The number of aromatic nitrogens is 1. The number of sulfonamides is 1. The molecule has 1 heterocycles. The lowest BCUT2D eigenvalue weighted by molar-refractivity contribution is -0.119. The maximum Gasteiger partial charge on any atom is 0.244 e. The van der Waals surface area contributed by atoms with Crippen LogP contribution in [0.2, 0.25) is 0 Å². The molecule has 0 aliphatic heterocycles. The molecule has 1 aromatic heterocycles. The van der Waals surface area contributed by atoms with Gasteiger partial charge in [-0.05, 0) is 37.8 Å². The smallest absolute Gasteiger partial charge is 0.244 e. The molecule has 1 aliphatic carbocycles. The Hall–Kier alpha value is -1.12. The Kier molecular flexibility index (Phi) is 8.12. The third-order valence-electron chi connectivity index (χ3n) is 5.21. The topological polar surface area (TPSA) is 79.4 Å². The van der Waals surface area contributed by atoms with Crippen molar-refractivity contribution in [3.63, 3.8) is 0 Å². The van der Waals surface area contributed by atoms with Gasteiger partial charge >= 0.3 is 0 Å². The van der Waals surface area contributed by atoms with Crippen molar-refractivity contribution in [3.05, 3.63) is 18.3 Å². The number of thioether (sulfide) groups is 1. The van der Waals surface area contributed by atoms with Crippen molar-refractivity contribution >= 4 is 27.7 Å². The molecule has 0 saturated heterocycles. The summed E-state index contributed by atoms with van der Waals surface area (Å²) in [5.74, 6) is 0.595. The lowest BCUT2D eigenvalue weighted by atomic mass is 9.96. The van der Waals surface area contributed by atoms with E-state index in [0.29, 0.717) is 10.9 Å². The van der Waals surface area contributed by atoms with Crippen molar-refractivity contribution < 1.29 is 13.2 Å². The second-order valence-corrected chi connectivity index (χ2v) is 10.5. The van der Waals surface area contributed by atoms with E-state index < -0.39 is 10.0 Å². The summed E-state index contributed by atoms with van der Waals surface area (Å²) in [6.07, 6.45) is 6.57. The minimum Gasteiger partial charge on any atom is -0.353 e. The first-order valence-corrected chi connectivity index (χ1v) is 12.0. The van der Waals surface area contributed by atoms with Crippen LogP contribution in [0.4, 0.5) is 0 Å². The molecule has 1 aromatic rings. The van der Waals surface area contributed by atoms with E-state index in [0.717, 1.165) is 25.7 Å². The van der Waals surface area contributed by atoms with E-state index in [1.807, 2.05) is 6.92 Å². The van der Waals surface area contributed by atoms with Gasteiger partial charge in [0.25, 0.3) is 0 Å². The molecular weight excluding hydrogens is 382 g/mol. The third kappa shape index (κ3) is 6.19. The van der Waals surface area contributed by atoms with Crippen LogP contribution in [0.25, 0.3) is 0 Å². The van der Waals surface area contributed by atoms with Crippen LogP contribution in [-0.4, -0.2) is 48.5 Å². The second kappa shape index (κ2) is 9.89. The van der Waals surface area contributed by atoms with Crippen LogP contribution in [0.15, 0.2) is 28.3 Å². The molecule has 0 aromatic carbocycles. The standard InChI is InChI=1S/C19H31N3O3S2/c1-14(2)15(3)21-18(23)13-26-19-11-10-17(12-20-19)27(24,25)22(4)16-8-6-5-7-9-16/h10-12,14-16H,5-9,13H2,1-4H3,(H,21,23)/t15-/m1/s1. The predicted octanol–water partition coefficient (Wildman–Crippen LogP) is 3.29. The maximum atomic E-state index is 12.8. The average Bonchev–Trinajstić information content (AvgIpc) is 2.66. The Bertz CT molecular complexity index is 714. The van der Waals surface area contributed by atoms with Crippen LogP contribution >= 0.6 is 11.8 Å². The first-order chi connectivity index (χ1) is 12.7. The molecule has 0 spiro atoms. The van der Waals surface area contributed by atoms with Crippen molar-refractivity contribution in [2.75, 3.05) is 12.8 Å². The number of carbonyl (C=O) groups excluding carboxylic acids is 1. The molecule has 1 amide bonds. The SMILES string of the molecule is CC(C)[C@@H](C)NC(=O)CSc1ccc(S(=O)(=O)N(C)C2CCCCC2)cn1. The Morgan fingerprint density at radius 3 is 2.48 bits per heavy atom. The van der Waals surface area contributed by atoms with E-state index in [9.17, 15) is 13.2 Å². The normalized spacial score (nSPS) is 17.3. The molecular formula is C19H31N3O3S2. The molecule has 0 bridgehead atoms. The lowest BCUT2D eigenvalue weighted by Crippen LogP contribution is -2.38. The summed E-state index contributed by atoms with van der Waals surface area (Å²) in [6, 6.07) is 3.45. The highest BCUT2D eigenvalue weighted by atomic mass is 32.2. The van der Waals surface area contributed by atoms with E-state index in [1.54, 1.807) is 19.2 Å². The van der Waals surface area contributed by atoms with Gasteiger partial charge in [0.1, 0.15) is 4.90 Å².